The summed E-state index contributed by atoms with van der Waals surface area (Å²) in [6, 6.07) is -0.880. The molecule has 1 N–H and O–H groups in total. The Morgan fingerprint density at radius 2 is 2.14 bits per heavy atom. The maximum atomic E-state index is 11.8. The number of hydrogen-bond acceptors (Lipinski definition) is 7. The van der Waals surface area contributed by atoms with Crippen LogP contribution >= 0.6 is 47.4 Å². The molecule has 116 valence electrons. The van der Waals surface area contributed by atoms with Crippen LogP contribution < -0.4 is 0 Å². The van der Waals surface area contributed by atoms with E-state index in [0.717, 1.165) is 11.8 Å². The summed E-state index contributed by atoms with van der Waals surface area (Å²) >= 11 is 5.19. The van der Waals surface area contributed by atoms with Crippen molar-refractivity contribution in [3.8, 4) is 0 Å². The third kappa shape index (κ3) is 3.49. The Labute approximate surface area is 139 Å². The predicted octanol–water partition coefficient (Wildman–Crippen LogP) is 2.34. The van der Waals surface area contributed by atoms with Crippen molar-refractivity contribution in [2.24, 2.45) is 0 Å². The van der Waals surface area contributed by atoms with Crippen LogP contribution in [0.4, 0.5) is 4.79 Å². The molecule has 0 bridgehead atoms. The van der Waals surface area contributed by atoms with Crippen LogP contribution in [-0.4, -0.2) is 60.5 Å². The van der Waals surface area contributed by atoms with Crippen molar-refractivity contribution in [2.75, 3.05) is 18.3 Å². The zero-order valence-electron chi connectivity index (χ0n) is 11.3. The number of carbonyl (C=O) groups excluding carboxylic acids is 2. The van der Waals surface area contributed by atoms with E-state index in [1.165, 1.54) is 40.6 Å². The van der Waals surface area contributed by atoms with Crippen LogP contribution in [0.15, 0.2) is 11.0 Å². The molecule has 2 aliphatic rings. The third-order valence-corrected chi connectivity index (χ3v) is 7.18. The fourth-order valence-electron chi connectivity index (χ4n) is 2.04. The van der Waals surface area contributed by atoms with Crippen LogP contribution in [-0.2, 0) is 9.59 Å². The van der Waals surface area contributed by atoms with E-state index in [0.29, 0.717) is 17.1 Å². The van der Waals surface area contributed by atoms with Gasteiger partial charge in [-0.25, -0.2) is 8.51 Å². The highest BCUT2D eigenvalue weighted by Crippen LogP contribution is 2.46. The van der Waals surface area contributed by atoms with Crippen molar-refractivity contribution in [1.82, 2.24) is 8.61 Å². The number of carboxylic acid groups (broad SMARTS) is 1. The summed E-state index contributed by atoms with van der Waals surface area (Å²) in [5.41, 5.74) is 0. The van der Waals surface area contributed by atoms with Gasteiger partial charge in [-0.05, 0) is 23.9 Å². The summed E-state index contributed by atoms with van der Waals surface area (Å²) < 4.78 is 1.55. The summed E-state index contributed by atoms with van der Waals surface area (Å²) in [5, 5.41) is 9.12. The topological polar surface area (TPSA) is 77.9 Å². The Bertz CT molecular complexity index is 495. The number of fused-ring (bicyclic) bond motifs is 1. The molecule has 2 unspecified atom stereocenters. The number of rotatable bonds is 5. The van der Waals surface area contributed by atoms with E-state index in [4.69, 9.17) is 0 Å². The predicted molar refractivity (Wildman–Crippen MR) is 89.1 cm³/mol. The molecule has 2 aliphatic heterocycles. The van der Waals surface area contributed by atoms with Crippen molar-refractivity contribution < 1.29 is 19.5 Å². The Balaban J connectivity index is 1.96. The second kappa shape index (κ2) is 7.21. The summed E-state index contributed by atoms with van der Waals surface area (Å²) in [7, 11) is 0. The number of amides is 2. The van der Waals surface area contributed by atoms with Crippen LogP contribution in [0.5, 0.6) is 0 Å². The highest BCUT2D eigenvalue weighted by atomic mass is 32.2. The van der Waals surface area contributed by atoms with E-state index in [-0.39, 0.29) is 16.5 Å². The van der Waals surface area contributed by atoms with Crippen LogP contribution in [0.25, 0.3) is 0 Å². The number of nitrogens with zero attached hydrogens (tertiary/aromatic N) is 2. The number of carbonyl (C=O) groups is 3. The normalized spacial score (nSPS) is 25.7. The Morgan fingerprint density at radius 1 is 1.48 bits per heavy atom. The molecule has 2 heterocycles. The minimum Gasteiger partial charge on any atom is -0.479 e. The molecule has 2 amide bonds. The molecule has 0 aromatic heterocycles. The Morgan fingerprint density at radius 3 is 2.67 bits per heavy atom. The molecule has 0 radical (unpaired) electrons. The molecule has 2 fully saturated rings. The molecule has 2 atom stereocenters. The van der Waals surface area contributed by atoms with Crippen molar-refractivity contribution in [2.45, 2.75) is 17.8 Å². The fourth-order valence-corrected chi connectivity index (χ4v) is 5.73. The number of carboxylic acids is 1. The van der Waals surface area contributed by atoms with E-state index in [2.05, 4.69) is 0 Å². The number of aliphatic carboxylic acids is 1. The summed E-state index contributed by atoms with van der Waals surface area (Å²) in [6.07, 6.45) is 5.77. The second-order valence-corrected chi connectivity index (χ2v) is 8.04. The van der Waals surface area contributed by atoms with Gasteiger partial charge >= 0.3 is 11.2 Å². The van der Waals surface area contributed by atoms with Gasteiger partial charge in [0.05, 0.1) is 11.8 Å². The minimum atomic E-state index is -1.02. The maximum Gasteiger partial charge on any atom is 0.331 e. The Hall–Kier alpha value is -0.450. The first-order valence-electron chi connectivity index (χ1n) is 5.95. The quantitative estimate of drug-likeness (QED) is 0.587. The lowest BCUT2D eigenvalue weighted by Crippen LogP contribution is -2.53. The Kier molecular flexibility index (Phi) is 5.81. The summed E-state index contributed by atoms with van der Waals surface area (Å²) in [5.74, 6) is -0.740. The van der Waals surface area contributed by atoms with Gasteiger partial charge in [0.1, 0.15) is 0 Å². The smallest absolute Gasteiger partial charge is 0.331 e. The minimum absolute atomic E-state index is 0.0561. The number of hydrogen-bond donors (Lipinski definition) is 1. The molecule has 6 nitrogen and oxygen atoms in total. The molecule has 0 aromatic rings. The molecule has 2 saturated heterocycles. The second-order valence-electron chi connectivity index (χ2n) is 4.12. The van der Waals surface area contributed by atoms with E-state index < -0.39 is 12.0 Å². The van der Waals surface area contributed by atoms with Crippen LogP contribution in [0, 0.1) is 0 Å². The van der Waals surface area contributed by atoms with Gasteiger partial charge in [-0.1, -0.05) is 17.8 Å². The molecular weight excluding hydrogens is 352 g/mol. The first kappa shape index (κ1) is 16.9. The molecule has 0 saturated carbocycles. The molecule has 2 rings (SSSR count). The number of thioether (sulfide) groups is 2. The van der Waals surface area contributed by atoms with E-state index in [1.807, 2.05) is 12.5 Å². The lowest BCUT2D eigenvalue weighted by atomic mass is 10.1. The molecule has 0 aliphatic carbocycles. The van der Waals surface area contributed by atoms with Gasteiger partial charge in [0, 0.05) is 23.2 Å². The molecule has 10 heteroatoms. The van der Waals surface area contributed by atoms with Crippen molar-refractivity contribution in [3.05, 3.63) is 11.0 Å². The van der Waals surface area contributed by atoms with Gasteiger partial charge in [-0.3, -0.25) is 9.59 Å². The van der Waals surface area contributed by atoms with Crippen LogP contribution in [0.3, 0.4) is 0 Å². The SMILES string of the molecule is CSN(SC)C(=O)SC/C=C1\SC2CC(=O)N2C1C(=O)O. The van der Waals surface area contributed by atoms with Gasteiger partial charge in [0.2, 0.25) is 5.91 Å². The zero-order valence-corrected chi connectivity index (χ0v) is 14.6. The highest BCUT2D eigenvalue weighted by Gasteiger charge is 2.52. The van der Waals surface area contributed by atoms with Gasteiger partial charge < -0.3 is 10.0 Å². The standard InChI is InChI=1S/C11H14N2O4S4/c1-18-13(19-2)11(17)20-4-3-6-9(10(15)16)12-7(14)5-8(12)21-6/h3,8-9H,4-5H2,1-2H3,(H,15,16)/b6-3-. The van der Waals surface area contributed by atoms with Crippen molar-refractivity contribution >= 4 is 64.5 Å². The average Bonchev–Trinajstić information content (AvgIpc) is 2.73. The molecule has 0 aromatic carbocycles. The van der Waals surface area contributed by atoms with Gasteiger partial charge in [0.15, 0.2) is 6.04 Å². The van der Waals surface area contributed by atoms with Gasteiger partial charge in [-0.15, -0.1) is 11.8 Å². The van der Waals surface area contributed by atoms with Crippen molar-refractivity contribution in [3.63, 3.8) is 0 Å². The first-order chi connectivity index (χ1) is 9.99. The average molecular weight is 367 g/mol. The molecule has 21 heavy (non-hydrogen) atoms. The first-order valence-corrected chi connectivity index (χ1v) is 10.2. The van der Waals surface area contributed by atoms with Crippen molar-refractivity contribution in [1.29, 1.82) is 0 Å². The van der Waals surface area contributed by atoms with Gasteiger partial charge in [0.25, 0.3) is 0 Å². The molecule has 0 spiro atoms. The summed E-state index contributed by atoms with van der Waals surface area (Å²) in [4.78, 5) is 36.7. The van der Waals surface area contributed by atoms with Crippen LogP contribution in [0.2, 0.25) is 0 Å². The number of β-lactam (4-membered cyclic amide) rings is 1. The van der Waals surface area contributed by atoms with E-state index >= 15 is 0 Å². The zero-order chi connectivity index (χ0) is 15.6. The fraction of sp³-hybridized carbons (Fsp3) is 0.545. The third-order valence-electron chi connectivity index (χ3n) is 2.97. The van der Waals surface area contributed by atoms with Gasteiger partial charge in [-0.2, -0.15) is 0 Å². The monoisotopic (exact) mass is 366 g/mol. The lowest BCUT2D eigenvalue weighted by molar-refractivity contribution is -0.154. The molecular formula is C11H14N2O4S4. The van der Waals surface area contributed by atoms with Crippen LogP contribution in [0.1, 0.15) is 6.42 Å². The maximum absolute atomic E-state index is 11.8. The van der Waals surface area contributed by atoms with E-state index in [1.54, 1.807) is 9.79 Å². The lowest BCUT2D eigenvalue weighted by Gasteiger charge is -2.35. The van der Waals surface area contributed by atoms with E-state index in [9.17, 15) is 19.5 Å². The largest absolute Gasteiger partial charge is 0.479 e. The highest BCUT2D eigenvalue weighted by molar-refractivity contribution is 8.19. The summed E-state index contributed by atoms with van der Waals surface area (Å²) in [6.45, 7) is 0.